The molecule has 1 atom stereocenters. The number of ketones is 1. The monoisotopic (exact) mass is 356 g/mol. The molecule has 2 rings (SSSR count). The van der Waals surface area contributed by atoms with E-state index in [1.165, 1.54) is 18.7 Å². The summed E-state index contributed by atoms with van der Waals surface area (Å²) in [5.41, 5.74) is 1.06. The molecule has 0 bridgehead atoms. The van der Waals surface area contributed by atoms with Gasteiger partial charge < -0.3 is 15.0 Å². The Balaban J connectivity index is 1.85. The Kier molecular flexibility index (Phi) is 6.37. The molecule has 0 saturated heterocycles. The lowest BCUT2D eigenvalue weighted by atomic mass is 10.1. The molecule has 0 fully saturated rings. The number of hydrogen-bond acceptors (Lipinski definition) is 7. The van der Waals surface area contributed by atoms with Crippen molar-refractivity contribution in [1.82, 2.24) is 9.97 Å². The van der Waals surface area contributed by atoms with Crippen LogP contribution in [0.1, 0.15) is 24.2 Å². The van der Waals surface area contributed by atoms with Gasteiger partial charge >= 0.3 is 5.97 Å². The molecular weight excluding hydrogens is 336 g/mol. The maximum atomic E-state index is 12.1. The van der Waals surface area contributed by atoms with E-state index in [9.17, 15) is 14.4 Å². The molecule has 0 radical (unpaired) electrons. The Morgan fingerprint density at radius 2 is 1.77 bits per heavy atom. The van der Waals surface area contributed by atoms with Crippen molar-refractivity contribution in [2.75, 3.05) is 23.8 Å². The number of likely N-dealkylation sites (N-methyl/N-ethyl adjacent to an activating group) is 1. The molecule has 0 spiro atoms. The summed E-state index contributed by atoms with van der Waals surface area (Å²) in [6.07, 6.45) is 2.16. The number of Topliss-reactive ketones (excluding diaryl/α,β-unsaturated/α-hetero) is 1. The number of benzene rings is 1. The molecule has 1 amide bonds. The van der Waals surface area contributed by atoms with Gasteiger partial charge in [-0.3, -0.25) is 14.4 Å². The largest absolute Gasteiger partial charge is 0.451 e. The molecule has 1 N–H and O–H groups in total. The second-order valence-corrected chi connectivity index (χ2v) is 5.66. The zero-order valence-corrected chi connectivity index (χ0v) is 14.8. The number of carbonyl (C=O) groups excluding carboxylic acids is 3. The molecule has 0 aliphatic carbocycles. The predicted molar refractivity (Wildman–Crippen MR) is 95.9 cm³/mol. The summed E-state index contributed by atoms with van der Waals surface area (Å²) in [4.78, 5) is 44.9. The van der Waals surface area contributed by atoms with Crippen LogP contribution < -0.4 is 10.2 Å². The summed E-state index contributed by atoms with van der Waals surface area (Å²) in [7, 11) is 1.65. The summed E-state index contributed by atoms with van der Waals surface area (Å²) in [6.45, 7) is 2.86. The van der Waals surface area contributed by atoms with E-state index in [-0.39, 0.29) is 12.3 Å². The van der Waals surface area contributed by atoms with Crippen molar-refractivity contribution in [3.63, 3.8) is 0 Å². The fourth-order valence-electron chi connectivity index (χ4n) is 2.07. The van der Waals surface area contributed by atoms with Gasteiger partial charge in [0.1, 0.15) is 6.54 Å². The van der Waals surface area contributed by atoms with Gasteiger partial charge in [0, 0.05) is 30.7 Å². The molecule has 1 aromatic carbocycles. The van der Waals surface area contributed by atoms with Crippen LogP contribution in [-0.4, -0.2) is 47.3 Å². The van der Waals surface area contributed by atoms with Crippen molar-refractivity contribution < 1.29 is 19.1 Å². The first-order chi connectivity index (χ1) is 12.4. The molecular formula is C18H20N4O4. The molecule has 1 heterocycles. The molecule has 0 aliphatic rings. The van der Waals surface area contributed by atoms with Gasteiger partial charge in [-0.2, -0.15) is 0 Å². The quantitative estimate of drug-likeness (QED) is 0.595. The van der Waals surface area contributed by atoms with Gasteiger partial charge in [0.2, 0.25) is 5.95 Å². The van der Waals surface area contributed by atoms with Crippen LogP contribution in [0.5, 0.6) is 0 Å². The Hall–Kier alpha value is -3.29. The first-order valence-electron chi connectivity index (χ1n) is 7.96. The average molecular weight is 356 g/mol. The number of ether oxygens (including phenoxy) is 1. The molecule has 26 heavy (non-hydrogen) atoms. The van der Waals surface area contributed by atoms with Crippen molar-refractivity contribution in [2.45, 2.75) is 20.0 Å². The number of esters is 1. The van der Waals surface area contributed by atoms with E-state index in [0.717, 1.165) is 0 Å². The van der Waals surface area contributed by atoms with Crippen LogP contribution >= 0.6 is 0 Å². The van der Waals surface area contributed by atoms with Crippen LogP contribution in [0.25, 0.3) is 0 Å². The van der Waals surface area contributed by atoms with Crippen LogP contribution in [-0.2, 0) is 14.3 Å². The zero-order valence-electron chi connectivity index (χ0n) is 14.8. The molecule has 0 aliphatic heterocycles. The molecule has 1 unspecified atom stereocenters. The normalized spacial score (nSPS) is 11.3. The lowest BCUT2D eigenvalue weighted by Gasteiger charge is -2.18. The Bertz CT molecular complexity index is 778. The fraction of sp³-hybridized carbons (Fsp3) is 0.278. The lowest BCUT2D eigenvalue weighted by Crippen LogP contribution is -2.35. The molecule has 136 valence electrons. The van der Waals surface area contributed by atoms with Gasteiger partial charge in [0.15, 0.2) is 11.9 Å². The van der Waals surface area contributed by atoms with Gasteiger partial charge in [-0.1, -0.05) is 0 Å². The second kappa shape index (κ2) is 8.70. The Morgan fingerprint density at radius 1 is 1.15 bits per heavy atom. The number of amides is 1. The maximum absolute atomic E-state index is 12.1. The summed E-state index contributed by atoms with van der Waals surface area (Å²) < 4.78 is 5.14. The minimum atomic E-state index is -0.972. The zero-order chi connectivity index (χ0) is 19.1. The first kappa shape index (κ1) is 19.0. The van der Waals surface area contributed by atoms with E-state index in [1.54, 1.807) is 49.8 Å². The Labute approximate surface area is 151 Å². The average Bonchev–Trinajstić information content (AvgIpc) is 2.62. The highest BCUT2D eigenvalue weighted by atomic mass is 16.5. The minimum Gasteiger partial charge on any atom is -0.451 e. The van der Waals surface area contributed by atoms with Gasteiger partial charge in [-0.05, 0) is 44.2 Å². The standard InChI is InChI=1S/C18H20N4O4/c1-12(23)14-5-7-15(8-6-14)21-17(25)13(2)26-16(24)11-22(3)18-19-9-4-10-20-18/h4-10,13H,11H2,1-3H3,(H,21,25). The van der Waals surface area contributed by atoms with Crippen molar-refractivity contribution in [3.05, 3.63) is 48.3 Å². The van der Waals surface area contributed by atoms with Crippen LogP contribution in [0, 0.1) is 0 Å². The highest BCUT2D eigenvalue weighted by Gasteiger charge is 2.19. The number of rotatable bonds is 7. The number of aromatic nitrogens is 2. The van der Waals surface area contributed by atoms with Crippen molar-refractivity contribution in [2.24, 2.45) is 0 Å². The smallest absolute Gasteiger partial charge is 0.326 e. The van der Waals surface area contributed by atoms with E-state index in [0.29, 0.717) is 17.2 Å². The number of anilines is 2. The number of nitrogens with zero attached hydrogens (tertiary/aromatic N) is 3. The highest BCUT2D eigenvalue weighted by Crippen LogP contribution is 2.11. The molecule has 2 aromatic rings. The van der Waals surface area contributed by atoms with E-state index in [2.05, 4.69) is 15.3 Å². The highest BCUT2D eigenvalue weighted by molar-refractivity contribution is 5.97. The summed E-state index contributed by atoms with van der Waals surface area (Å²) in [5, 5.41) is 2.63. The van der Waals surface area contributed by atoms with Gasteiger partial charge in [-0.15, -0.1) is 0 Å². The van der Waals surface area contributed by atoms with Crippen LogP contribution in [0.3, 0.4) is 0 Å². The van der Waals surface area contributed by atoms with Gasteiger partial charge in [-0.25, -0.2) is 9.97 Å². The van der Waals surface area contributed by atoms with Gasteiger partial charge in [0.25, 0.3) is 5.91 Å². The molecule has 0 saturated carbocycles. The van der Waals surface area contributed by atoms with E-state index < -0.39 is 18.0 Å². The summed E-state index contributed by atoms with van der Waals surface area (Å²) in [6, 6.07) is 8.13. The third kappa shape index (κ3) is 5.37. The predicted octanol–water partition coefficient (Wildman–Crippen LogP) is 1.69. The second-order valence-electron chi connectivity index (χ2n) is 5.66. The third-order valence-electron chi connectivity index (χ3n) is 3.50. The number of nitrogens with one attached hydrogen (secondary N) is 1. The van der Waals surface area contributed by atoms with E-state index >= 15 is 0 Å². The third-order valence-corrected chi connectivity index (χ3v) is 3.50. The Morgan fingerprint density at radius 3 is 2.35 bits per heavy atom. The van der Waals surface area contributed by atoms with E-state index in [4.69, 9.17) is 4.74 Å². The molecule has 8 nitrogen and oxygen atoms in total. The van der Waals surface area contributed by atoms with Crippen LogP contribution in [0.4, 0.5) is 11.6 Å². The SMILES string of the molecule is CC(=O)c1ccc(NC(=O)C(C)OC(=O)CN(C)c2ncccn2)cc1. The maximum Gasteiger partial charge on any atom is 0.326 e. The summed E-state index contributed by atoms with van der Waals surface area (Å²) in [5.74, 6) is -0.717. The van der Waals surface area contributed by atoms with Crippen LogP contribution in [0.2, 0.25) is 0 Å². The van der Waals surface area contributed by atoms with E-state index in [1.807, 2.05) is 0 Å². The van der Waals surface area contributed by atoms with Crippen molar-refractivity contribution >= 4 is 29.3 Å². The van der Waals surface area contributed by atoms with Crippen molar-refractivity contribution in [3.8, 4) is 0 Å². The van der Waals surface area contributed by atoms with Crippen LogP contribution in [0.15, 0.2) is 42.7 Å². The first-order valence-corrected chi connectivity index (χ1v) is 7.96. The minimum absolute atomic E-state index is 0.0586. The van der Waals surface area contributed by atoms with Crippen molar-refractivity contribution in [1.29, 1.82) is 0 Å². The number of carbonyl (C=O) groups is 3. The topological polar surface area (TPSA) is 101 Å². The molecule has 8 heteroatoms. The summed E-state index contributed by atoms with van der Waals surface area (Å²) >= 11 is 0. The fourth-order valence-corrected chi connectivity index (χ4v) is 2.07. The number of hydrogen-bond donors (Lipinski definition) is 1. The molecule has 1 aromatic heterocycles. The lowest BCUT2D eigenvalue weighted by molar-refractivity contribution is -0.151. The van der Waals surface area contributed by atoms with Gasteiger partial charge in [0.05, 0.1) is 0 Å².